The van der Waals surface area contributed by atoms with E-state index in [0.29, 0.717) is 0 Å². The number of rotatable bonds is 3. The molecule has 0 aromatic carbocycles. The molecule has 2 rings (SSSR count). The van der Waals surface area contributed by atoms with Crippen LogP contribution in [0.4, 0.5) is 0 Å². The van der Waals surface area contributed by atoms with Crippen molar-refractivity contribution >= 4 is 12.6 Å². The van der Waals surface area contributed by atoms with Crippen LogP contribution in [0, 0.1) is 0 Å². The molecule has 0 aliphatic carbocycles. The predicted octanol–water partition coefficient (Wildman–Crippen LogP) is 1.60. The van der Waals surface area contributed by atoms with Gasteiger partial charge in [-0.2, -0.15) is 12.6 Å². The summed E-state index contributed by atoms with van der Waals surface area (Å²) in [6.45, 7) is 1.68. The maximum atomic E-state index is 5.26. The quantitative estimate of drug-likeness (QED) is 0.684. The van der Waals surface area contributed by atoms with Crippen LogP contribution in [0.5, 0.6) is 0 Å². The van der Waals surface area contributed by atoms with Gasteiger partial charge < -0.3 is 9.72 Å². The highest BCUT2D eigenvalue weighted by Crippen LogP contribution is 2.34. The van der Waals surface area contributed by atoms with Gasteiger partial charge in [0.25, 0.3) is 0 Å². The van der Waals surface area contributed by atoms with Crippen molar-refractivity contribution in [3.63, 3.8) is 0 Å². The maximum Gasteiger partial charge on any atom is 0.0600 e. The fraction of sp³-hybridized carbons (Fsp3) is 0.556. The first-order valence-corrected chi connectivity index (χ1v) is 4.83. The van der Waals surface area contributed by atoms with Gasteiger partial charge in [-0.15, -0.1) is 0 Å². The summed E-state index contributed by atoms with van der Waals surface area (Å²) in [4.78, 5) is 3.25. The molecule has 1 aromatic heterocycles. The van der Waals surface area contributed by atoms with Crippen LogP contribution in [0.1, 0.15) is 12.1 Å². The molecule has 0 atom stereocenters. The molecular formula is C9H13NOS. The van der Waals surface area contributed by atoms with Gasteiger partial charge in [-0.3, -0.25) is 0 Å². The average molecular weight is 183 g/mol. The van der Waals surface area contributed by atoms with Crippen molar-refractivity contribution in [1.29, 1.82) is 0 Å². The number of hydrogen-bond donors (Lipinski definition) is 2. The number of nitrogens with one attached hydrogen (secondary N) is 1. The molecule has 2 heterocycles. The van der Waals surface area contributed by atoms with E-state index in [1.165, 1.54) is 5.69 Å². The van der Waals surface area contributed by atoms with Crippen molar-refractivity contribution < 1.29 is 4.74 Å². The van der Waals surface area contributed by atoms with Crippen LogP contribution in [0.15, 0.2) is 18.3 Å². The first-order chi connectivity index (χ1) is 5.87. The Labute approximate surface area is 77.7 Å². The zero-order chi connectivity index (χ0) is 8.44. The summed E-state index contributed by atoms with van der Waals surface area (Å²) >= 11 is 4.26. The van der Waals surface area contributed by atoms with Crippen LogP contribution >= 0.6 is 12.6 Å². The van der Waals surface area contributed by atoms with Crippen molar-refractivity contribution in [3.8, 4) is 0 Å². The van der Waals surface area contributed by atoms with E-state index in [1.807, 2.05) is 12.3 Å². The van der Waals surface area contributed by atoms with Crippen molar-refractivity contribution in [1.82, 2.24) is 4.98 Å². The average Bonchev–Trinajstić information content (AvgIpc) is 2.48. The molecular weight excluding hydrogens is 170 g/mol. The summed E-state index contributed by atoms with van der Waals surface area (Å²) in [6, 6.07) is 4.17. The SMILES string of the molecule is SCCC1(c2ccc[nH]2)COC1. The molecule has 0 saturated carbocycles. The summed E-state index contributed by atoms with van der Waals surface area (Å²) in [6.07, 6.45) is 3.06. The van der Waals surface area contributed by atoms with Crippen molar-refractivity contribution in [2.75, 3.05) is 19.0 Å². The van der Waals surface area contributed by atoms with Crippen molar-refractivity contribution in [3.05, 3.63) is 24.0 Å². The molecule has 2 nitrogen and oxygen atoms in total. The second-order valence-corrected chi connectivity index (χ2v) is 3.78. The molecule has 0 amide bonds. The minimum Gasteiger partial charge on any atom is -0.379 e. The first kappa shape index (κ1) is 8.20. The molecule has 3 heteroatoms. The lowest BCUT2D eigenvalue weighted by molar-refractivity contribution is -0.0632. The standard InChI is InChI=1S/C9H13NOS/c12-5-3-9(6-11-7-9)8-2-1-4-10-8/h1-2,4,10,12H,3,5-7H2. The Morgan fingerprint density at radius 1 is 1.58 bits per heavy atom. The molecule has 1 aliphatic heterocycles. The number of hydrogen-bond acceptors (Lipinski definition) is 2. The van der Waals surface area contributed by atoms with Gasteiger partial charge in [-0.25, -0.2) is 0 Å². The zero-order valence-corrected chi connectivity index (χ0v) is 7.81. The van der Waals surface area contributed by atoms with Crippen molar-refractivity contribution in [2.45, 2.75) is 11.8 Å². The predicted molar refractivity (Wildman–Crippen MR) is 51.8 cm³/mol. The summed E-state index contributed by atoms with van der Waals surface area (Å²) < 4.78 is 5.26. The Morgan fingerprint density at radius 3 is 2.83 bits per heavy atom. The summed E-state index contributed by atoms with van der Waals surface area (Å²) in [5.74, 6) is 0.919. The van der Waals surface area contributed by atoms with Gasteiger partial charge >= 0.3 is 0 Å². The second kappa shape index (κ2) is 3.15. The zero-order valence-electron chi connectivity index (χ0n) is 6.92. The fourth-order valence-corrected chi connectivity index (χ4v) is 2.09. The van der Waals surface area contributed by atoms with Crippen LogP contribution in [0.25, 0.3) is 0 Å². The number of ether oxygens (including phenoxy) is 1. The molecule has 66 valence electrons. The monoisotopic (exact) mass is 183 g/mol. The smallest absolute Gasteiger partial charge is 0.0600 e. The normalized spacial score (nSPS) is 20.4. The van der Waals surface area contributed by atoms with Gasteiger partial charge in [-0.1, -0.05) is 0 Å². The summed E-state index contributed by atoms with van der Waals surface area (Å²) in [5, 5.41) is 0. The molecule has 0 radical (unpaired) electrons. The van der Waals surface area contributed by atoms with Crippen LogP contribution in [-0.4, -0.2) is 24.0 Å². The Kier molecular flexibility index (Phi) is 2.15. The van der Waals surface area contributed by atoms with E-state index in [0.717, 1.165) is 25.4 Å². The maximum absolute atomic E-state index is 5.26. The van der Waals surface area contributed by atoms with E-state index < -0.39 is 0 Å². The van der Waals surface area contributed by atoms with Gasteiger partial charge in [0, 0.05) is 11.9 Å². The Hall–Kier alpha value is -0.410. The third-order valence-corrected chi connectivity index (χ3v) is 2.74. The van der Waals surface area contributed by atoms with E-state index in [-0.39, 0.29) is 5.41 Å². The van der Waals surface area contributed by atoms with Crippen LogP contribution in [-0.2, 0) is 10.2 Å². The summed E-state index contributed by atoms with van der Waals surface area (Å²) in [5.41, 5.74) is 1.54. The minimum atomic E-state index is 0.241. The van der Waals surface area contributed by atoms with Crippen LogP contribution in [0.2, 0.25) is 0 Å². The highest BCUT2D eigenvalue weighted by Gasteiger charge is 2.40. The van der Waals surface area contributed by atoms with Gasteiger partial charge in [0.2, 0.25) is 0 Å². The molecule has 1 aromatic rings. The lowest BCUT2D eigenvalue weighted by Crippen LogP contribution is -2.47. The van der Waals surface area contributed by atoms with E-state index in [1.54, 1.807) is 0 Å². The molecule has 12 heavy (non-hydrogen) atoms. The van der Waals surface area contributed by atoms with E-state index in [9.17, 15) is 0 Å². The Morgan fingerprint density at radius 2 is 2.42 bits per heavy atom. The largest absolute Gasteiger partial charge is 0.379 e. The highest BCUT2D eigenvalue weighted by molar-refractivity contribution is 7.80. The lowest BCUT2D eigenvalue weighted by Gasteiger charge is -2.40. The molecule has 0 bridgehead atoms. The van der Waals surface area contributed by atoms with Crippen LogP contribution in [0.3, 0.4) is 0 Å². The molecule has 1 aliphatic rings. The second-order valence-electron chi connectivity index (χ2n) is 3.33. The van der Waals surface area contributed by atoms with E-state index >= 15 is 0 Å². The van der Waals surface area contributed by atoms with Gasteiger partial charge in [0.05, 0.1) is 18.6 Å². The van der Waals surface area contributed by atoms with E-state index in [2.05, 4.69) is 23.7 Å². The molecule has 0 spiro atoms. The van der Waals surface area contributed by atoms with E-state index in [4.69, 9.17) is 4.74 Å². The topological polar surface area (TPSA) is 25.0 Å². The lowest BCUT2D eigenvalue weighted by atomic mass is 9.80. The number of H-pyrrole nitrogens is 1. The molecule has 1 fully saturated rings. The third kappa shape index (κ3) is 1.17. The highest BCUT2D eigenvalue weighted by atomic mass is 32.1. The molecule has 1 N–H and O–H groups in total. The Balaban J connectivity index is 2.17. The van der Waals surface area contributed by atoms with Gasteiger partial charge in [0.15, 0.2) is 0 Å². The minimum absolute atomic E-state index is 0.241. The first-order valence-electron chi connectivity index (χ1n) is 4.20. The van der Waals surface area contributed by atoms with Gasteiger partial charge in [0.1, 0.15) is 0 Å². The summed E-state index contributed by atoms with van der Waals surface area (Å²) in [7, 11) is 0. The van der Waals surface area contributed by atoms with Crippen molar-refractivity contribution in [2.24, 2.45) is 0 Å². The molecule has 0 unspecified atom stereocenters. The number of thiol groups is 1. The third-order valence-electron chi connectivity index (χ3n) is 2.52. The number of aromatic amines is 1. The van der Waals surface area contributed by atoms with Gasteiger partial charge in [-0.05, 0) is 24.3 Å². The number of aromatic nitrogens is 1. The molecule has 1 saturated heterocycles. The van der Waals surface area contributed by atoms with Crippen LogP contribution < -0.4 is 0 Å². The Bertz CT molecular complexity index is 241. The fourth-order valence-electron chi connectivity index (χ4n) is 1.66.